The Labute approximate surface area is 154 Å². The molecule has 0 aliphatic carbocycles. The normalized spacial score (nSPS) is 11.4. The maximum atomic E-state index is 12.2. The number of nitrogens with one attached hydrogen (secondary N) is 2. The predicted octanol–water partition coefficient (Wildman–Crippen LogP) is 3.80. The van der Waals surface area contributed by atoms with E-state index in [4.69, 9.17) is 4.74 Å². The molecule has 2 aromatic carbocycles. The quantitative estimate of drug-likeness (QED) is 0.694. The van der Waals surface area contributed by atoms with Gasteiger partial charge in [0.15, 0.2) is 11.2 Å². The molecule has 26 heavy (non-hydrogen) atoms. The lowest BCUT2D eigenvalue weighted by atomic mass is 10.2. The zero-order valence-corrected chi connectivity index (χ0v) is 14.8. The van der Waals surface area contributed by atoms with Crippen molar-refractivity contribution in [3.05, 3.63) is 71.7 Å². The number of thiazole rings is 1. The van der Waals surface area contributed by atoms with Gasteiger partial charge in [0.1, 0.15) is 5.75 Å². The van der Waals surface area contributed by atoms with Crippen LogP contribution in [0.25, 0.3) is 0 Å². The number of rotatable bonds is 6. The van der Waals surface area contributed by atoms with Gasteiger partial charge in [-0.15, -0.1) is 11.3 Å². The molecule has 0 saturated carbocycles. The van der Waals surface area contributed by atoms with Crippen LogP contribution in [0.4, 0.5) is 10.8 Å². The van der Waals surface area contributed by atoms with Crippen molar-refractivity contribution in [2.75, 3.05) is 10.6 Å². The number of ether oxygens (including phenoxy) is 1. The lowest BCUT2D eigenvalue weighted by molar-refractivity contribution is -0.122. The summed E-state index contributed by atoms with van der Waals surface area (Å²) in [7, 11) is 0. The summed E-state index contributed by atoms with van der Waals surface area (Å²) in [6.45, 7) is 1.68. The van der Waals surface area contributed by atoms with Crippen LogP contribution in [0, 0.1) is 0 Å². The van der Waals surface area contributed by atoms with Gasteiger partial charge in [-0.3, -0.25) is 14.9 Å². The molecule has 7 heteroatoms. The minimum atomic E-state index is -0.648. The largest absolute Gasteiger partial charge is 0.481 e. The van der Waals surface area contributed by atoms with E-state index in [1.165, 1.54) is 11.3 Å². The minimum Gasteiger partial charge on any atom is -0.481 e. The molecule has 2 amide bonds. The highest BCUT2D eigenvalue weighted by Gasteiger charge is 2.15. The van der Waals surface area contributed by atoms with Crippen LogP contribution in [0.15, 0.2) is 66.2 Å². The summed E-state index contributed by atoms with van der Waals surface area (Å²) in [4.78, 5) is 28.3. The second kappa shape index (κ2) is 8.26. The standard InChI is InChI=1S/C19H17N3O3S/c1-13(25-16-5-3-2-4-6-16)17(23)21-15-9-7-14(8-10-15)18(24)22-19-20-11-12-26-19/h2-13H,1H3,(H,21,23)(H,20,22,24)/t13-/m1/s1. The maximum Gasteiger partial charge on any atom is 0.265 e. The molecule has 0 fully saturated rings. The van der Waals surface area contributed by atoms with Gasteiger partial charge in [0.05, 0.1) is 0 Å². The molecule has 0 radical (unpaired) electrons. The second-order valence-corrected chi connectivity index (χ2v) is 6.33. The first kappa shape index (κ1) is 17.6. The van der Waals surface area contributed by atoms with E-state index in [1.54, 1.807) is 54.9 Å². The van der Waals surface area contributed by atoms with Crippen molar-refractivity contribution in [2.24, 2.45) is 0 Å². The van der Waals surface area contributed by atoms with Crippen LogP contribution in [0.2, 0.25) is 0 Å². The Morgan fingerprint density at radius 1 is 1.04 bits per heavy atom. The van der Waals surface area contributed by atoms with E-state index in [9.17, 15) is 9.59 Å². The van der Waals surface area contributed by atoms with Crippen molar-refractivity contribution >= 4 is 34.0 Å². The van der Waals surface area contributed by atoms with Gasteiger partial charge in [0.25, 0.3) is 11.8 Å². The lowest BCUT2D eigenvalue weighted by Gasteiger charge is -2.14. The highest BCUT2D eigenvalue weighted by atomic mass is 32.1. The van der Waals surface area contributed by atoms with Gasteiger partial charge in [-0.2, -0.15) is 0 Å². The fourth-order valence-electron chi connectivity index (χ4n) is 2.16. The van der Waals surface area contributed by atoms with Crippen molar-refractivity contribution in [2.45, 2.75) is 13.0 Å². The highest BCUT2D eigenvalue weighted by Crippen LogP contribution is 2.16. The molecule has 1 aromatic heterocycles. The first-order valence-electron chi connectivity index (χ1n) is 7.95. The second-order valence-electron chi connectivity index (χ2n) is 5.43. The molecule has 0 bridgehead atoms. The third-order valence-electron chi connectivity index (χ3n) is 3.49. The number of carbonyl (C=O) groups is 2. The summed E-state index contributed by atoms with van der Waals surface area (Å²) >= 11 is 1.35. The first-order valence-corrected chi connectivity index (χ1v) is 8.83. The van der Waals surface area contributed by atoms with Crippen molar-refractivity contribution < 1.29 is 14.3 Å². The van der Waals surface area contributed by atoms with Crippen molar-refractivity contribution in [1.29, 1.82) is 0 Å². The Morgan fingerprint density at radius 3 is 2.42 bits per heavy atom. The highest BCUT2D eigenvalue weighted by molar-refractivity contribution is 7.13. The predicted molar refractivity (Wildman–Crippen MR) is 102 cm³/mol. The number of anilines is 2. The van der Waals surface area contributed by atoms with Crippen LogP contribution in [-0.4, -0.2) is 22.9 Å². The summed E-state index contributed by atoms with van der Waals surface area (Å²) in [5, 5.41) is 7.80. The van der Waals surface area contributed by atoms with E-state index >= 15 is 0 Å². The molecule has 1 atom stereocenters. The molecule has 0 aliphatic rings. The number of amides is 2. The monoisotopic (exact) mass is 367 g/mol. The van der Waals surface area contributed by atoms with Gasteiger partial charge < -0.3 is 10.1 Å². The maximum absolute atomic E-state index is 12.2. The molecule has 0 spiro atoms. The fourth-order valence-corrected chi connectivity index (χ4v) is 2.68. The van der Waals surface area contributed by atoms with E-state index < -0.39 is 6.10 Å². The summed E-state index contributed by atoms with van der Waals surface area (Å²) in [6.07, 6.45) is 0.975. The average Bonchev–Trinajstić information content (AvgIpc) is 3.16. The number of benzene rings is 2. The third kappa shape index (κ3) is 4.67. The summed E-state index contributed by atoms with van der Waals surface area (Å²) in [5.41, 5.74) is 1.07. The molecule has 0 aliphatic heterocycles. The van der Waals surface area contributed by atoms with Crippen LogP contribution < -0.4 is 15.4 Å². The van der Waals surface area contributed by atoms with E-state index in [0.717, 1.165) is 0 Å². The average molecular weight is 367 g/mol. The van der Waals surface area contributed by atoms with Crippen LogP contribution in [0.5, 0.6) is 5.75 Å². The van der Waals surface area contributed by atoms with Crippen molar-refractivity contribution in [1.82, 2.24) is 4.98 Å². The van der Waals surface area contributed by atoms with Gasteiger partial charge in [-0.1, -0.05) is 18.2 Å². The van der Waals surface area contributed by atoms with Gasteiger partial charge in [0.2, 0.25) is 0 Å². The number of hydrogen-bond acceptors (Lipinski definition) is 5. The number of para-hydroxylation sites is 1. The van der Waals surface area contributed by atoms with Crippen molar-refractivity contribution in [3.8, 4) is 5.75 Å². The molecule has 0 saturated heterocycles. The SMILES string of the molecule is C[C@@H](Oc1ccccc1)C(=O)Nc1ccc(C(=O)Nc2nccs2)cc1. The topological polar surface area (TPSA) is 80.3 Å². The molecule has 2 N–H and O–H groups in total. The molecule has 132 valence electrons. The smallest absolute Gasteiger partial charge is 0.265 e. The number of aromatic nitrogens is 1. The summed E-state index contributed by atoms with van der Waals surface area (Å²) < 4.78 is 5.59. The van der Waals surface area contributed by atoms with E-state index in [1.807, 2.05) is 18.2 Å². The zero-order chi connectivity index (χ0) is 18.4. The minimum absolute atomic E-state index is 0.251. The molecular formula is C19H17N3O3S. The van der Waals surface area contributed by atoms with E-state index in [2.05, 4.69) is 15.6 Å². The molecule has 0 unspecified atom stereocenters. The Kier molecular flexibility index (Phi) is 5.60. The van der Waals surface area contributed by atoms with Crippen LogP contribution in [0.3, 0.4) is 0 Å². The summed E-state index contributed by atoms with van der Waals surface area (Å²) in [6, 6.07) is 15.8. The Hall–Kier alpha value is -3.19. The van der Waals surface area contributed by atoms with E-state index in [0.29, 0.717) is 22.1 Å². The fraction of sp³-hybridized carbons (Fsp3) is 0.105. The van der Waals surface area contributed by atoms with E-state index in [-0.39, 0.29) is 11.8 Å². The summed E-state index contributed by atoms with van der Waals surface area (Å²) in [5.74, 6) is 0.108. The molecule has 3 rings (SSSR count). The van der Waals surface area contributed by atoms with Crippen LogP contribution in [-0.2, 0) is 4.79 Å². The molecule has 3 aromatic rings. The third-order valence-corrected chi connectivity index (χ3v) is 4.18. The zero-order valence-electron chi connectivity index (χ0n) is 14.0. The van der Waals surface area contributed by atoms with Crippen molar-refractivity contribution in [3.63, 3.8) is 0 Å². The molecule has 1 heterocycles. The number of carbonyl (C=O) groups excluding carboxylic acids is 2. The first-order chi connectivity index (χ1) is 12.6. The Balaban J connectivity index is 1.56. The number of hydrogen-bond donors (Lipinski definition) is 2. The van der Waals surface area contributed by atoms with Gasteiger partial charge in [0, 0.05) is 22.8 Å². The lowest BCUT2D eigenvalue weighted by Crippen LogP contribution is -2.30. The van der Waals surface area contributed by atoms with Gasteiger partial charge in [-0.25, -0.2) is 4.98 Å². The van der Waals surface area contributed by atoms with Gasteiger partial charge >= 0.3 is 0 Å². The Morgan fingerprint density at radius 2 is 1.77 bits per heavy atom. The Bertz CT molecular complexity index is 865. The van der Waals surface area contributed by atoms with Crippen LogP contribution in [0.1, 0.15) is 17.3 Å². The van der Waals surface area contributed by atoms with Crippen LogP contribution >= 0.6 is 11.3 Å². The molecular weight excluding hydrogens is 350 g/mol. The molecule has 6 nitrogen and oxygen atoms in total. The van der Waals surface area contributed by atoms with Gasteiger partial charge in [-0.05, 0) is 43.3 Å². The number of nitrogens with zero attached hydrogens (tertiary/aromatic N) is 1.